The van der Waals surface area contributed by atoms with Gasteiger partial charge in [0, 0.05) is 27.1 Å². The molecule has 0 aromatic rings. The first-order valence-electron chi connectivity index (χ1n) is 18.9. The molecule has 1 saturated heterocycles. The number of carbonyl (C=O) groups is 2. The van der Waals surface area contributed by atoms with Crippen LogP contribution >= 0.6 is 0 Å². The Bertz CT molecular complexity index is 1230. The van der Waals surface area contributed by atoms with E-state index in [1.807, 2.05) is 6.08 Å². The van der Waals surface area contributed by atoms with Gasteiger partial charge in [0.2, 0.25) is 0 Å². The minimum atomic E-state index is -0.608. The number of fused-ring (bicyclic) bond motifs is 5. The van der Waals surface area contributed by atoms with Gasteiger partial charge in [0.15, 0.2) is 6.29 Å². The van der Waals surface area contributed by atoms with E-state index >= 15 is 0 Å². The molecule has 0 bridgehead atoms. The minimum Gasteiger partial charge on any atom is -0.463 e. The van der Waals surface area contributed by atoms with Gasteiger partial charge in [0.25, 0.3) is 0 Å². The van der Waals surface area contributed by atoms with Crippen LogP contribution in [0.3, 0.4) is 0 Å². The van der Waals surface area contributed by atoms with Gasteiger partial charge in [-0.05, 0) is 131 Å². The van der Waals surface area contributed by atoms with E-state index in [0.29, 0.717) is 17.4 Å². The Morgan fingerprint density at radius 3 is 2.58 bits per heavy atom. The van der Waals surface area contributed by atoms with Crippen LogP contribution in [0.5, 0.6) is 0 Å². The number of unbranched alkanes of at least 4 members (excludes halogenated alkanes) is 2. The predicted molar refractivity (Wildman–Crippen MR) is 183 cm³/mol. The Balaban J connectivity index is 1.03. The van der Waals surface area contributed by atoms with E-state index in [9.17, 15) is 9.59 Å². The van der Waals surface area contributed by atoms with Crippen molar-refractivity contribution >= 4 is 11.9 Å². The maximum Gasteiger partial charge on any atom is 0.303 e. The molecule has 4 aliphatic carbocycles. The van der Waals surface area contributed by atoms with Gasteiger partial charge in [-0.3, -0.25) is 9.59 Å². The van der Waals surface area contributed by atoms with E-state index in [4.69, 9.17) is 28.4 Å². The lowest BCUT2D eigenvalue weighted by atomic mass is 9.47. The SMILES string of the molecule is CC(=O)OC[C@H]1OC(O[C@H]2CC[C@@]3(C)C(=CC[C@H]4[C@@H]5CC[C@H](/C(C)=C/CCCCO[C@@H]6CCOC6)[C@@]5(C)CC[C@@H]43)C2)C=C[C@@H]1OC(C)=O. The Morgan fingerprint density at radius 2 is 1.81 bits per heavy atom. The zero-order valence-electron chi connectivity index (χ0n) is 30.1. The number of esters is 2. The summed E-state index contributed by atoms with van der Waals surface area (Å²) in [7, 11) is 0. The van der Waals surface area contributed by atoms with Crippen LogP contribution < -0.4 is 0 Å². The summed E-state index contributed by atoms with van der Waals surface area (Å²) in [5.74, 6) is 2.23. The molecule has 0 radical (unpaired) electrons. The van der Waals surface area contributed by atoms with Crippen LogP contribution in [-0.4, -0.2) is 69.1 Å². The van der Waals surface area contributed by atoms with Crippen molar-refractivity contribution < 1.29 is 38.0 Å². The third-order valence-corrected chi connectivity index (χ3v) is 13.1. The fourth-order valence-corrected chi connectivity index (χ4v) is 10.6. The number of hydrogen-bond donors (Lipinski definition) is 0. The highest BCUT2D eigenvalue weighted by molar-refractivity contribution is 5.66. The molecule has 6 aliphatic rings. The quantitative estimate of drug-likeness (QED) is 0.119. The van der Waals surface area contributed by atoms with E-state index in [1.165, 1.54) is 52.4 Å². The van der Waals surface area contributed by atoms with Crippen LogP contribution in [0.15, 0.2) is 35.5 Å². The fourth-order valence-electron chi connectivity index (χ4n) is 10.6. The highest BCUT2D eigenvalue weighted by Gasteiger charge is 2.58. The summed E-state index contributed by atoms with van der Waals surface area (Å²) in [4.78, 5) is 23.1. The van der Waals surface area contributed by atoms with Crippen molar-refractivity contribution in [1.82, 2.24) is 0 Å². The van der Waals surface area contributed by atoms with Crippen LogP contribution in [0, 0.1) is 34.5 Å². The second-order valence-electron chi connectivity index (χ2n) is 16.0. The largest absolute Gasteiger partial charge is 0.463 e. The minimum absolute atomic E-state index is 0.0109. The molecule has 0 spiro atoms. The average molecular weight is 669 g/mol. The summed E-state index contributed by atoms with van der Waals surface area (Å²) in [6.45, 7) is 12.8. The van der Waals surface area contributed by atoms with Crippen molar-refractivity contribution in [2.75, 3.05) is 26.4 Å². The lowest BCUT2D eigenvalue weighted by Crippen LogP contribution is -2.51. The van der Waals surface area contributed by atoms with Crippen molar-refractivity contribution in [3.05, 3.63) is 35.5 Å². The van der Waals surface area contributed by atoms with Gasteiger partial charge in [-0.25, -0.2) is 0 Å². The van der Waals surface area contributed by atoms with Gasteiger partial charge >= 0.3 is 11.9 Å². The smallest absolute Gasteiger partial charge is 0.303 e. The average Bonchev–Trinajstić information content (AvgIpc) is 3.70. The van der Waals surface area contributed by atoms with Gasteiger partial charge in [-0.15, -0.1) is 0 Å². The van der Waals surface area contributed by atoms with Crippen LogP contribution in [0.4, 0.5) is 0 Å². The molecule has 268 valence electrons. The van der Waals surface area contributed by atoms with Crippen molar-refractivity contribution in [2.45, 2.75) is 142 Å². The molecule has 8 nitrogen and oxygen atoms in total. The van der Waals surface area contributed by atoms with Gasteiger partial charge in [0.05, 0.1) is 18.8 Å². The molecule has 4 fully saturated rings. The molecule has 0 N–H and O–H groups in total. The summed E-state index contributed by atoms with van der Waals surface area (Å²) in [6.07, 6.45) is 21.6. The van der Waals surface area contributed by atoms with E-state index in [1.54, 1.807) is 17.2 Å². The molecule has 8 heteroatoms. The van der Waals surface area contributed by atoms with Crippen molar-refractivity contribution in [3.63, 3.8) is 0 Å². The summed E-state index contributed by atoms with van der Waals surface area (Å²) in [5, 5.41) is 0. The maximum absolute atomic E-state index is 11.6. The van der Waals surface area contributed by atoms with Crippen LogP contribution in [-0.2, 0) is 38.0 Å². The van der Waals surface area contributed by atoms with Crippen molar-refractivity contribution in [2.24, 2.45) is 34.5 Å². The Labute approximate surface area is 288 Å². The number of hydrogen-bond acceptors (Lipinski definition) is 8. The summed E-state index contributed by atoms with van der Waals surface area (Å²) < 4.78 is 34.7. The van der Waals surface area contributed by atoms with Crippen LogP contribution in [0.1, 0.15) is 112 Å². The summed E-state index contributed by atoms with van der Waals surface area (Å²) in [6, 6.07) is 0. The third kappa shape index (κ3) is 7.82. The highest BCUT2D eigenvalue weighted by atomic mass is 16.7. The first-order valence-corrected chi connectivity index (χ1v) is 18.9. The van der Waals surface area contributed by atoms with Crippen LogP contribution in [0.25, 0.3) is 0 Å². The molecule has 6 rings (SSSR count). The molecule has 48 heavy (non-hydrogen) atoms. The topological polar surface area (TPSA) is 89.5 Å². The molecule has 0 amide bonds. The molecular formula is C40H60O8. The molecule has 2 aliphatic heterocycles. The first kappa shape index (κ1) is 35.8. The molecule has 1 unspecified atom stereocenters. The Kier molecular flexibility index (Phi) is 11.6. The monoisotopic (exact) mass is 668 g/mol. The summed E-state index contributed by atoms with van der Waals surface area (Å²) in [5.41, 5.74) is 3.86. The van der Waals surface area contributed by atoms with E-state index in [0.717, 1.165) is 76.1 Å². The van der Waals surface area contributed by atoms with Gasteiger partial charge in [0.1, 0.15) is 18.8 Å². The zero-order chi connectivity index (χ0) is 33.9. The first-order chi connectivity index (χ1) is 23.1. The highest BCUT2D eigenvalue weighted by Crippen LogP contribution is 2.67. The zero-order valence-corrected chi connectivity index (χ0v) is 30.1. The van der Waals surface area contributed by atoms with Crippen molar-refractivity contribution in [3.8, 4) is 0 Å². The molecule has 3 saturated carbocycles. The molecule has 11 atom stereocenters. The van der Waals surface area contributed by atoms with Gasteiger partial charge in [-0.2, -0.15) is 0 Å². The molecule has 0 aromatic heterocycles. The normalized spacial score (nSPS) is 40.8. The van der Waals surface area contributed by atoms with Crippen LogP contribution in [0.2, 0.25) is 0 Å². The lowest BCUT2D eigenvalue weighted by molar-refractivity contribution is -0.213. The number of allylic oxidation sites excluding steroid dienone is 3. The predicted octanol–water partition coefficient (Wildman–Crippen LogP) is 7.65. The van der Waals surface area contributed by atoms with E-state index in [-0.39, 0.29) is 18.1 Å². The Hall–Kier alpha value is -2.00. The Morgan fingerprint density at radius 1 is 0.958 bits per heavy atom. The third-order valence-electron chi connectivity index (χ3n) is 13.1. The van der Waals surface area contributed by atoms with Gasteiger partial charge < -0.3 is 28.4 Å². The second-order valence-corrected chi connectivity index (χ2v) is 16.0. The number of ether oxygens (including phenoxy) is 6. The molecular weight excluding hydrogens is 608 g/mol. The molecule has 2 heterocycles. The van der Waals surface area contributed by atoms with Gasteiger partial charge in [-0.1, -0.05) is 37.1 Å². The lowest BCUT2D eigenvalue weighted by Gasteiger charge is -2.58. The number of carbonyl (C=O) groups excluding carboxylic acids is 2. The van der Waals surface area contributed by atoms with E-state index in [2.05, 4.69) is 32.9 Å². The maximum atomic E-state index is 11.6. The summed E-state index contributed by atoms with van der Waals surface area (Å²) >= 11 is 0. The standard InChI is InChI=1S/C40H60O8/c1-26(9-7-6-8-21-44-31-18-22-43-24-31)33-12-13-34-32-11-10-29-23-30(16-19-39(29,4)35(32)17-20-40(33,34)5)47-38-15-14-36(46-28(3)42)37(48-38)25-45-27(2)41/h9-10,14-15,30-38H,6-8,11-13,16-25H2,1-5H3/b26-9+/t30-,31+,32-,33+,34-,35-,36-,37+,38?,39-,40+/m0/s1. The van der Waals surface area contributed by atoms with E-state index < -0.39 is 30.4 Å². The van der Waals surface area contributed by atoms with Crippen molar-refractivity contribution in [1.29, 1.82) is 0 Å². The number of rotatable bonds is 12. The second kappa shape index (κ2) is 15.5. The fraction of sp³-hybridized carbons (Fsp3) is 0.800. The molecule has 0 aromatic carbocycles.